The quantitative estimate of drug-likeness (QED) is 0.373. The molecule has 0 aromatic rings. The van der Waals surface area contributed by atoms with Crippen LogP contribution in [-0.2, 0) is 18.6 Å². The van der Waals surface area contributed by atoms with Gasteiger partial charge in [-0.15, -0.1) is 0 Å². The monoisotopic (exact) mass is 402 g/mol. The molecule has 2 saturated carbocycles. The Morgan fingerprint density at radius 3 is 2.61 bits per heavy atom. The van der Waals surface area contributed by atoms with Crippen LogP contribution in [0.5, 0.6) is 0 Å². The molecule has 4 fully saturated rings. The van der Waals surface area contributed by atoms with E-state index in [4.69, 9.17) is 18.6 Å². The van der Waals surface area contributed by atoms with E-state index in [1.54, 1.807) is 5.57 Å². The van der Waals surface area contributed by atoms with Gasteiger partial charge in [-0.3, -0.25) is 0 Å². The Labute approximate surface area is 169 Å². The van der Waals surface area contributed by atoms with Crippen molar-refractivity contribution < 1.29 is 18.6 Å². The maximum atomic E-state index is 6.69. The second-order valence-corrected chi connectivity index (χ2v) is 15.7. The van der Waals surface area contributed by atoms with Crippen molar-refractivity contribution >= 4 is 8.32 Å². The van der Waals surface area contributed by atoms with Crippen molar-refractivity contribution in [2.45, 2.75) is 88.5 Å². The van der Waals surface area contributed by atoms with E-state index >= 15 is 0 Å². The Kier molecular flexibility index (Phi) is 3.47. The first kappa shape index (κ1) is 18.2. The minimum Gasteiger partial charge on any atom is -0.547 e. The zero-order chi connectivity index (χ0) is 19.4. The molecular formula is C23H34O4Si. The van der Waals surface area contributed by atoms with E-state index in [0.29, 0.717) is 11.8 Å². The highest BCUT2D eigenvalue weighted by atomic mass is 28.4. The van der Waals surface area contributed by atoms with E-state index in [9.17, 15) is 0 Å². The molecule has 2 saturated heterocycles. The molecule has 2 heterocycles. The lowest BCUT2D eigenvalue weighted by Gasteiger charge is -2.50. The molecule has 6 aliphatic rings. The van der Waals surface area contributed by atoms with Crippen LogP contribution < -0.4 is 0 Å². The summed E-state index contributed by atoms with van der Waals surface area (Å²) in [5.41, 5.74) is 1.76. The van der Waals surface area contributed by atoms with Crippen LogP contribution in [-0.4, -0.2) is 38.5 Å². The van der Waals surface area contributed by atoms with Crippen LogP contribution in [0.15, 0.2) is 23.5 Å². The molecule has 0 radical (unpaired) electrons. The number of rotatable bonds is 2. The lowest BCUT2D eigenvalue weighted by Crippen LogP contribution is -2.51. The summed E-state index contributed by atoms with van der Waals surface area (Å²) in [6.07, 6.45) is 12.6. The van der Waals surface area contributed by atoms with Crippen molar-refractivity contribution in [3.8, 4) is 0 Å². The largest absolute Gasteiger partial charge is 0.547 e. The SMILES string of the molecule is C[C@]12CC=C3C(CCC45CC6(CCC34O5)OCCO6)C1CC=C2O[Si](C)(C)C. The number of ether oxygens (including phenoxy) is 3. The van der Waals surface area contributed by atoms with Gasteiger partial charge in [0.1, 0.15) is 11.2 Å². The van der Waals surface area contributed by atoms with Gasteiger partial charge in [-0.1, -0.05) is 13.0 Å². The van der Waals surface area contributed by atoms with Crippen LogP contribution in [0.4, 0.5) is 0 Å². The van der Waals surface area contributed by atoms with Gasteiger partial charge >= 0.3 is 0 Å². The van der Waals surface area contributed by atoms with Crippen molar-refractivity contribution in [1.82, 2.24) is 0 Å². The van der Waals surface area contributed by atoms with Crippen LogP contribution in [0.2, 0.25) is 19.6 Å². The molecule has 0 amide bonds. The van der Waals surface area contributed by atoms with Gasteiger partial charge in [0.2, 0.25) is 8.32 Å². The second kappa shape index (κ2) is 5.34. The van der Waals surface area contributed by atoms with Gasteiger partial charge in [0, 0.05) is 18.3 Å². The molecule has 5 heteroatoms. The third-order valence-corrected chi connectivity index (χ3v) is 9.43. The average molecular weight is 403 g/mol. The van der Waals surface area contributed by atoms with Crippen LogP contribution >= 0.6 is 0 Å². The first-order chi connectivity index (χ1) is 13.2. The number of fused-ring (bicyclic) bond motifs is 3. The molecule has 0 bridgehead atoms. The zero-order valence-electron chi connectivity index (χ0n) is 17.8. The lowest BCUT2D eigenvalue weighted by molar-refractivity contribution is -0.185. The predicted octanol–water partition coefficient (Wildman–Crippen LogP) is 4.92. The highest BCUT2D eigenvalue weighted by Crippen LogP contribution is 2.73. The van der Waals surface area contributed by atoms with Gasteiger partial charge in [-0.2, -0.15) is 0 Å². The molecule has 0 N–H and O–H groups in total. The average Bonchev–Trinajstić information content (AvgIpc) is 2.91. The molecule has 5 atom stereocenters. The second-order valence-electron chi connectivity index (χ2n) is 11.3. The summed E-state index contributed by atoms with van der Waals surface area (Å²) in [4.78, 5) is 0. The molecule has 4 aliphatic carbocycles. The van der Waals surface area contributed by atoms with E-state index in [1.807, 2.05) is 0 Å². The first-order valence-corrected chi connectivity index (χ1v) is 14.7. The minimum atomic E-state index is -1.58. The van der Waals surface area contributed by atoms with E-state index in [0.717, 1.165) is 51.7 Å². The zero-order valence-corrected chi connectivity index (χ0v) is 18.8. The van der Waals surface area contributed by atoms with Crippen molar-refractivity contribution in [3.05, 3.63) is 23.5 Å². The van der Waals surface area contributed by atoms with E-state index in [1.165, 1.54) is 12.2 Å². The molecule has 1 spiro atoms. The molecule has 4 nitrogen and oxygen atoms in total. The summed E-state index contributed by atoms with van der Waals surface area (Å²) < 4.78 is 25.4. The molecular weight excluding hydrogens is 368 g/mol. The number of epoxide rings is 1. The smallest absolute Gasteiger partial charge is 0.241 e. The predicted molar refractivity (Wildman–Crippen MR) is 109 cm³/mol. The van der Waals surface area contributed by atoms with E-state index in [2.05, 4.69) is 38.7 Å². The Hall–Kier alpha value is -0.623. The van der Waals surface area contributed by atoms with Gasteiger partial charge in [0.05, 0.1) is 19.0 Å². The fourth-order valence-corrected chi connectivity index (χ4v) is 8.34. The number of hydrogen-bond donors (Lipinski definition) is 0. The Balaban J connectivity index is 1.29. The fraction of sp³-hybridized carbons (Fsp3) is 0.826. The molecule has 154 valence electrons. The maximum Gasteiger partial charge on any atom is 0.241 e. The Morgan fingerprint density at radius 2 is 1.86 bits per heavy atom. The van der Waals surface area contributed by atoms with E-state index < -0.39 is 8.32 Å². The standard InChI is InChI=1S/C23H34O4Si/c1-20-9-8-18-16(17(20)5-6-19(20)26-28(2,3)4)7-10-21-15-22(24-13-14-25-22)11-12-23(18,21)27-21/h6,8,16-17H,5,7,9-15H2,1-4H3/t16?,17?,20-,21?,23?/m0/s1. The third-order valence-electron chi connectivity index (χ3n) is 8.60. The topological polar surface area (TPSA) is 40.2 Å². The fourth-order valence-electron chi connectivity index (χ4n) is 7.36. The maximum absolute atomic E-state index is 6.69. The van der Waals surface area contributed by atoms with Crippen molar-refractivity contribution in [1.29, 1.82) is 0 Å². The summed E-state index contributed by atoms with van der Waals surface area (Å²) in [5.74, 6) is 2.25. The van der Waals surface area contributed by atoms with Crippen molar-refractivity contribution in [2.24, 2.45) is 17.3 Å². The Bertz CT molecular complexity index is 776. The molecule has 6 rings (SSSR count). The molecule has 2 aliphatic heterocycles. The Morgan fingerprint density at radius 1 is 1.07 bits per heavy atom. The summed E-state index contributed by atoms with van der Waals surface area (Å²) in [6.45, 7) is 10.8. The van der Waals surface area contributed by atoms with Crippen LogP contribution in [0.1, 0.15) is 51.9 Å². The van der Waals surface area contributed by atoms with Crippen LogP contribution in [0.25, 0.3) is 0 Å². The summed E-state index contributed by atoms with van der Waals surface area (Å²) in [6, 6.07) is 0. The van der Waals surface area contributed by atoms with Crippen LogP contribution in [0, 0.1) is 17.3 Å². The highest BCUT2D eigenvalue weighted by Gasteiger charge is 2.79. The summed E-state index contributed by atoms with van der Waals surface area (Å²) in [5, 5.41) is 0. The van der Waals surface area contributed by atoms with E-state index in [-0.39, 0.29) is 22.4 Å². The highest BCUT2D eigenvalue weighted by molar-refractivity contribution is 6.70. The number of hydrogen-bond acceptors (Lipinski definition) is 4. The molecule has 0 aromatic carbocycles. The number of allylic oxidation sites excluding steroid dienone is 3. The van der Waals surface area contributed by atoms with Gasteiger partial charge in [0.15, 0.2) is 5.79 Å². The lowest BCUT2D eigenvalue weighted by atomic mass is 9.54. The van der Waals surface area contributed by atoms with Crippen molar-refractivity contribution in [2.75, 3.05) is 13.2 Å². The molecule has 4 unspecified atom stereocenters. The first-order valence-electron chi connectivity index (χ1n) is 11.3. The van der Waals surface area contributed by atoms with Gasteiger partial charge < -0.3 is 18.6 Å². The summed E-state index contributed by atoms with van der Waals surface area (Å²) >= 11 is 0. The minimum absolute atomic E-state index is 0.0137. The van der Waals surface area contributed by atoms with Gasteiger partial charge in [-0.05, 0) is 75.2 Å². The molecule has 28 heavy (non-hydrogen) atoms. The van der Waals surface area contributed by atoms with Gasteiger partial charge in [-0.25, -0.2) is 0 Å². The molecule has 0 aromatic heterocycles. The normalized spacial score (nSPS) is 48.1. The van der Waals surface area contributed by atoms with Crippen LogP contribution in [0.3, 0.4) is 0 Å². The third kappa shape index (κ3) is 2.22. The van der Waals surface area contributed by atoms with Crippen molar-refractivity contribution in [3.63, 3.8) is 0 Å². The van der Waals surface area contributed by atoms with Gasteiger partial charge in [0.25, 0.3) is 0 Å². The summed E-state index contributed by atoms with van der Waals surface area (Å²) in [7, 11) is -1.58.